The van der Waals surface area contributed by atoms with Gasteiger partial charge >= 0.3 is 12.1 Å². The predicted octanol–water partition coefficient (Wildman–Crippen LogP) is 3.57. The Balaban J connectivity index is 1.37. The first-order valence-corrected chi connectivity index (χ1v) is 11.4. The fourth-order valence-corrected chi connectivity index (χ4v) is 4.86. The van der Waals surface area contributed by atoms with Gasteiger partial charge in [-0.3, -0.25) is 0 Å². The zero-order valence-electron chi connectivity index (χ0n) is 19.1. The third-order valence-corrected chi connectivity index (χ3v) is 6.62. The summed E-state index contributed by atoms with van der Waals surface area (Å²) in [5.74, 6) is -0.377. The first kappa shape index (κ1) is 22.8. The number of halogens is 2. The number of rotatable bonds is 3. The van der Waals surface area contributed by atoms with E-state index in [1.807, 2.05) is 4.90 Å². The van der Waals surface area contributed by atoms with Crippen LogP contribution in [0.4, 0.5) is 29.9 Å². The van der Waals surface area contributed by atoms with Crippen LogP contribution in [0.3, 0.4) is 0 Å². The van der Waals surface area contributed by atoms with Crippen molar-refractivity contribution < 1.29 is 23.5 Å². The maximum atomic E-state index is 14.5. The summed E-state index contributed by atoms with van der Waals surface area (Å²) < 4.78 is 29.8. The molecule has 2 fully saturated rings. The predicted molar refractivity (Wildman–Crippen MR) is 123 cm³/mol. The molecule has 1 aromatic carbocycles. The fourth-order valence-electron chi connectivity index (χ4n) is 4.86. The molecule has 4 heterocycles. The molecule has 0 unspecified atom stereocenters. The van der Waals surface area contributed by atoms with Crippen LogP contribution in [0.5, 0.6) is 0 Å². The van der Waals surface area contributed by atoms with Gasteiger partial charge in [0.25, 0.3) is 0 Å². The van der Waals surface area contributed by atoms with Crippen LogP contribution >= 0.6 is 0 Å². The minimum Gasteiger partial charge on any atom is -0.465 e. The minimum absolute atomic E-state index is 0.230. The molecule has 0 spiro atoms. The molecule has 12 heteroatoms. The van der Waals surface area contributed by atoms with Crippen LogP contribution < -0.4 is 10.2 Å². The van der Waals surface area contributed by atoms with Gasteiger partial charge in [0.1, 0.15) is 23.1 Å². The lowest BCUT2D eigenvalue weighted by Gasteiger charge is -2.38. The number of anilines is 2. The van der Waals surface area contributed by atoms with Gasteiger partial charge in [-0.05, 0) is 44.0 Å². The molecule has 0 radical (unpaired) electrons. The molecule has 0 aliphatic carbocycles. The normalized spacial score (nSPS) is 20.5. The number of benzene rings is 1. The van der Waals surface area contributed by atoms with Crippen LogP contribution in [0.2, 0.25) is 0 Å². The highest BCUT2D eigenvalue weighted by Gasteiger charge is 2.31. The molecule has 3 amide bonds. The molecule has 0 bridgehead atoms. The standard InChI is InChI=1S/C23H25F2N7O3/c1-14-13-29(9-10-30(14)23(34)35)22(33)27-18-12-26-32-8-6-20(28-21(18)32)31-7-2-3-19(31)16-11-15(24)4-5-17(16)25/h4-6,8,11-12,14,19H,2-3,7,9-10,13H2,1H3,(H,27,33)(H,34,35)/t14-,19+/m0/s1. The molecular weight excluding hydrogens is 460 g/mol. The summed E-state index contributed by atoms with van der Waals surface area (Å²) in [5.41, 5.74) is 1.11. The third kappa shape index (κ3) is 4.31. The van der Waals surface area contributed by atoms with E-state index in [0.717, 1.165) is 18.6 Å². The Kier molecular flexibility index (Phi) is 5.87. The number of aromatic nitrogens is 3. The third-order valence-electron chi connectivity index (χ3n) is 6.62. The van der Waals surface area contributed by atoms with Gasteiger partial charge in [-0.15, -0.1) is 0 Å². The van der Waals surface area contributed by atoms with E-state index in [1.165, 1.54) is 21.7 Å². The number of fused-ring (bicyclic) bond motifs is 1. The number of piperazine rings is 1. The molecule has 5 rings (SSSR count). The quantitative estimate of drug-likeness (QED) is 0.588. The van der Waals surface area contributed by atoms with Crippen molar-refractivity contribution in [2.75, 3.05) is 36.4 Å². The largest absolute Gasteiger partial charge is 0.465 e. The molecule has 2 saturated heterocycles. The van der Waals surface area contributed by atoms with Crippen LogP contribution in [-0.2, 0) is 0 Å². The van der Waals surface area contributed by atoms with Gasteiger partial charge in [-0.1, -0.05) is 0 Å². The highest BCUT2D eigenvalue weighted by molar-refractivity contribution is 5.93. The smallest absolute Gasteiger partial charge is 0.407 e. The van der Waals surface area contributed by atoms with Crippen molar-refractivity contribution in [1.82, 2.24) is 24.4 Å². The molecule has 2 aromatic heterocycles. The average Bonchev–Trinajstić information content (AvgIpc) is 3.47. The SMILES string of the molecule is C[C@H]1CN(C(=O)Nc2cnn3ccc(N4CCC[C@@H]4c4cc(F)ccc4F)nc23)CCN1C(=O)O. The van der Waals surface area contributed by atoms with Crippen LogP contribution in [-0.4, -0.2) is 73.8 Å². The summed E-state index contributed by atoms with van der Waals surface area (Å²) in [6.07, 6.45) is 3.66. The number of hydrogen-bond donors (Lipinski definition) is 2. The molecule has 184 valence electrons. The van der Waals surface area contributed by atoms with E-state index in [0.29, 0.717) is 35.7 Å². The topological polar surface area (TPSA) is 106 Å². The Hall–Kier alpha value is -3.96. The first-order valence-electron chi connectivity index (χ1n) is 11.4. The number of carbonyl (C=O) groups excluding carboxylic acids is 1. The molecular formula is C23H25F2N7O3. The lowest BCUT2D eigenvalue weighted by Crippen LogP contribution is -2.55. The Labute approximate surface area is 199 Å². The number of carbonyl (C=O) groups is 2. The van der Waals surface area contributed by atoms with Crippen molar-refractivity contribution in [1.29, 1.82) is 0 Å². The number of amides is 3. The van der Waals surface area contributed by atoms with E-state index in [4.69, 9.17) is 0 Å². The Bertz CT molecular complexity index is 1280. The van der Waals surface area contributed by atoms with E-state index < -0.39 is 17.7 Å². The van der Waals surface area contributed by atoms with E-state index >= 15 is 0 Å². The second-order valence-electron chi connectivity index (χ2n) is 8.83. The fraction of sp³-hybridized carbons (Fsp3) is 0.391. The van der Waals surface area contributed by atoms with Crippen LogP contribution in [0, 0.1) is 11.6 Å². The number of hydrogen-bond acceptors (Lipinski definition) is 5. The number of urea groups is 1. The molecule has 35 heavy (non-hydrogen) atoms. The maximum Gasteiger partial charge on any atom is 0.407 e. The molecule has 3 aromatic rings. The molecule has 0 saturated carbocycles. The van der Waals surface area contributed by atoms with Crippen molar-refractivity contribution in [2.24, 2.45) is 0 Å². The lowest BCUT2D eigenvalue weighted by molar-refractivity contribution is 0.0868. The van der Waals surface area contributed by atoms with Crippen LogP contribution in [0.1, 0.15) is 31.4 Å². The lowest BCUT2D eigenvalue weighted by atomic mass is 10.0. The second kappa shape index (κ2) is 9.01. The van der Waals surface area contributed by atoms with E-state index in [1.54, 1.807) is 24.1 Å². The monoisotopic (exact) mass is 485 g/mol. The van der Waals surface area contributed by atoms with E-state index in [9.17, 15) is 23.5 Å². The van der Waals surface area contributed by atoms with E-state index in [2.05, 4.69) is 15.4 Å². The Morgan fingerprint density at radius 1 is 1.17 bits per heavy atom. The Morgan fingerprint density at radius 3 is 2.77 bits per heavy atom. The zero-order chi connectivity index (χ0) is 24.7. The maximum absolute atomic E-state index is 14.5. The van der Waals surface area contributed by atoms with Gasteiger partial charge < -0.3 is 25.1 Å². The molecule has 2 N–H and O–H groups in total. The van der Waals surface area contributed by atoms with Gasteiger partial charge in [-0.25, -0.2) is 27.9 Å². The van der Waals surface area contributed by atoms with Crippen molar-refractivity contribution in [2.45, 2.75) is 31.8 Å². The summed E-state index contributed by atoms with van der Waals surface area (Å²) in [5, 5.41) is 16.3. The Morgan fingerprint density at radius 2 is 2.00 bits per heavy atom. The summed E-state index contributed by atoms with van der Waals surface area (Å²) in [7, 11) is 0. The van der Waals surface area contributed by atoms with E-state index in [-0.39, 0.29) is 37.7 Å². The highest BCUT2D eigenvalue weighted by Crippen LogP contribution is 2.37. The number of nitrogens with one attached hydrogen (secondary N) is 1. The van der Waals surface area contributed by atoms with Crippen molar-refractivity contribution >= 4 is 29.3 Å². The van der Waals surface area contributed by atoms with Crippen LogP contribution in [0.25, 0.3) is 5.65 Å². The van der Waals surface area contributed by atoms with Crippen LogP contribution in [0.15, 0.2) is 36.7 Å². The second-order valence-corrected chi connectivity index (χ2v) is 8.83. The summed E-state index contributed by atoms with van der Waals surface area (Å²) in [4.78, 5) is 33.6. The molecule has 10 nitrogen and oxygen atoms in total. The summed E-state index contributed by atoms with van der Waals surface area (Å²) in [6.45, 7) is 3.16. The van der Waals surface area contributed by atoms with Gasteiger partial charge in [0, 0.05) is 44.0 Å². The van der Waals surface area contributed by atoms with Gasteiger partial charge in [-0.2, -0.15) is 5.10 Å². The van der Waals surface area contributed by atoms with Gasteiger partial charge in [0.2, 0.25) is 0 Å². The molecule has 2 atom stereocenters. The number of carboxylic acid groups (broad SMARTS) is 1. The van der Waals surface area contributed by atoms with Gasteiger partial charge in [0.15, 0.2) is 5.65 Å². The number of nitrogens with zero attached hydrogens (tertiary/aromatic N) is 6. The van der Waals surface area contributed by atoms with Crippen molar-refractivity contribution in [3.8, 4) is 0 Å². The highest BCUT2D eigenvalue weighted by atomic mass is 19.1. The van der Waals surface area contributed by atoms with Crippen molar-refractivity contribution in [3.05, 3.63) is 53.9 Å². The van der Waals surface area contributed by atoms with Crippen molar-refractivity contribution in [3.63, 3.8) is 0 Å². The first-order chi connectivity index (χ1) is 16.8. The summed E-state index contributed by atoms with van der Waals surface area (Å²) >= 11 is 0. The minimum atomic E-state index is -1.00. The zero-order valence-corrected chi connectivity index (χ0v) is 19.1. The average molecular weight is 485 g/mol. The molecule has 2 aliphatic rings. The van der Waals surface area contributed by atoms with Gasteiger partial charge in [0.05, 0.1) is 12.2 Å². The molecule has 2 aliphatic heterocycles. The summed E-state index contributed by atoms with van der Waals surface area (Å²) in [6, 6.07) is 4.18.